The van der Waals surface area contributed by atoms with Gasteiger partial charge < -0.3 is 5.11 Å². The third-order valence-electron chi connectivity index (χ3n) is 2.74. The monoisotopic (exact) mass is 192 g/mol. The molecule has 0 aromatic heterocycles. The van der Waals surface area contributed by atoms with Crippen molar-refractivity contribution in [3.8, 4) is 0 Å². The first-order valence-corrected chi connectivity index (χ1v) is 5.26. The van der Waals surface area contributed by atoms with Crippen LogP contribution < -0.4 is 0 Å². The summed E-state index contributed by atoms with van der Waals surface area (Å²) >= 11 is 0. The Morgan fingerprint density at radius 2 is 1.79 bits per heavy atom. The Labute approximate surface area is 86.8 Å². The molecule has 0 aliphatic rings. The van der Waals surface area contributed by atoms with Gasteiger partial charge in [0, 0.05) is 0 Å². The lowest BCUT2D eigenvalue weighted by Crippen LogP contribution is -2.19. The Hall–Kier alpha value is -0.820. The molecule has 0 saturated carbocycles. The zero-order chi connectivity index (χ0) is 10.6. The molecule has 1 aromatic rings. The predicted octanol–water partition coefficient (Wildman–Crippen LogP) is 3.13. The largest absolute Gasteiger partial charge is 0.393 e. The van der Waals surface area contributed by atoms with Crippen LogP contribution in [0.3, 0.4) is 0 Å². The molecular weight excluding hydrogens is 172 g/mol. The third kappa shape index (κ3) is 3.15. The zero-order valence-electron chi connectivity index (χ0n) is 9.33. The molecule has 78 valence electrons. The lowest BCUT2D eigenvalue weighted by molar-refractivity contribution is 0.171. The fraction of sp³-hybridized carbons (Fsp3) is 0.538. The van der Waals surface area contributed by atoms with Gasteiger partial charge in [0.15, 0.2) is 0 Å². The maximum atomic E-state index is 9.26. The zero-order valence-corrected chi connectivity index (χ0v) is 9.33. The van der Waals surface area contributed by atoms with Crippen molar-refractivity contribution in [3.05, 3.63) is 35.9 Å². The minimum atomic E-state index is -0.196. The lowest BCUT2D eigenvalue weighted by Gasteiger charge is -2.25. The quantitative estimate of drug-likeness (QED) is 0.777. The Bertz CT molecular complexity index is 262. The van der Waals surface area contributed by atoms with Gasteiger partial charge in [0.05, 0.1) is 6.10 Å². The average molecular weight is 192 g/mol. The number of aliphatic hydroxyl groups excluding tert-OH is 1. The number of benzene rings is 1. The second kappa shape index (κ2) is 4.61. The van der Waals surface area contributed by atoms with Crippen molar-refractivity contribution in [2.45, 2.75) is 45.1 Å². The van der Waals surface area contributed by atoms with Crippen LogP contribution >= 0.6 is 0 Å². The van der Waals surface area contributed by atoms with Crippen LogP contribution in [0.25, 0.3) is 0 Å². The van der Waals surface area contributed by atoms with E-state index >= 15 is 0 Å². The Morgan fingerprint density at radius 1 is 1.21 bits per heavy atom. The van der Waals surface area contributed by atoms with Crippen LogP contribution in [0.5, 0.6) is 0 Å². The van der Waals surface area contributed by atoms with Crippen molar-refractivity contribution in [2.75, 3.05) is 0 Å². The van der Waals surface area contributed by atoms with Crippen LogP contribution in [0.15, 0.2) is 30.3 Å². The number of hydrogen-bond acceptors (Lipinski definition) is 1. The number of aliphatic hydroxyl groups is 1. The first-order valence-electron chi connectivity index (χ1n) is 5.26. The van der Waals surface area contributed by atoms with E-state index < -0.39 is 0 Å². The topological polar surface area (TPSA) is 20.2 Å². The highest BCUT2D eigenvalue weighted by Crippen LogP contribution is 2.28. The van der Waals surface area contributed by atoms with Crippen LogP contribution in [-0.2, 0) is 5.41 Å². The number of hydrogen-bond donors (Lipinski definition) is 1. The molecule has 0 aliphatic carbocycles. The molecule has 0 bridgehead atoms. The van der Waals surface area contributed by atoms with Gasteiger partial charge in [-0.15, -0.1) is 0 Å². The molecular formula is C13H20O. The first kappa shape index (κ1) is 11.3. The van der Waals surface area contributed by atoms with Gasteiger partial charge in [0.25, 0.3) is 0 Å². The summed E-state index contributed by atoms with van der Waals surface area (Å²) in [6.45, 7) is 6.30. The lowest BCUT2D eigenvalue weighted by atomic mass is 9.80. The molecule has 1 atom stereocenters. The Balaban J connectivity index is 2.66. The van der Waals surface area contributed by atoms with Crippen molar-refractivity contribution in [3.63, 3.8) is 0 Å². The molecule has 0 heterocycles. The van der Waals surface area contributed by atoms with Gasteiger partial charge in [-0.3, -0.25) is 0 Å². The molecule has 0 radical (unpaired) electrons. The van der Waals surface area contributed by atoms with Gasteiger partial charge in [-0.2, -0.15) is 0 Å². The van der Waals surface area contributed by atoms with E-state index in [0.29, 0.717) is 0 Å². The third-order valence-corrected chi connectivity index (χ3v) is 2.74. The van der Waals surface area contributed by atoms with Gasteiger partial charge in [0.1, 0.15) is 0 Å². The predicted molar refractivity (Wildman–Crippen MR) is 60.4 cm³/mol. The highest BCUT2D eigenvalue weighted by molar-refractivity contribution is 5.23. The van der Waals surface area contributed by atoms with Crippen molar-refractivity contribution < 1.29 is 5.11 Å². The van der Waals surface area contributed by atoms with Crippen molar-refractivity contribution in [1.29, 1.82) is 0 Å². The fourth-order valence-electron chi connectivity index (χ4n) is 1.60. The minimum absolute atomic E-state index is 0.165. The average Bonchev–Trinajstić information content (AvgIpc) is 2.16. The van der Waals surface area contributed by atoms with E-state index in [1.165, 1.54) is 5.56 Å². The van der Waals surface area contributed by atoms with Gasteiger partial charge in [-0.25, -0.2) is 0 Å². The molecule has 0 unspecified atom stereocenters. The molecule has 1 N–H and O–H groups in total. The molecule has 1 nitrogen and oxygen atoms in total. The van der Waals surface area contributed by atoms with E-state index in [1.807, 2.05) is 13.0 Å². The molecule has 14 heavy (non-hydrogen) atoms. The molecule has 0 spiro atoms. The minimum Gasteiger partial charge on any atom is -0.393 e. The second-order valence-corrected chi connectivity index (χ2v) is 4.64. The first-order chi connectivity index (χ1) is 6.52. The highest BCUT2D eigenvalue weighted by atomic mass is 16.3. The maximum Gasteiger partial charge on any atom is 0.0512 e. The maximum absolute atomic E-state index is 9.26. The van der Waals surface area contributed by atoms with E-state index in [9.17, 15) is 5.11 Å². The summed E-state index contributed by atoms with van der Waals surface area (Å²) in [4.78, 5) is 0. The fourth-order valence-corrected chi connectivity index (χ4v) is 1.60. The van der Waals surface area contributed by atoms with E-state index in [4.69, 9.17) is 0 Å². The molecule has 0 saturated heterocycles. The second-order valence-electron chi connectivity index (χ2n) is 4.64. The molecule has 0 amide bonds. The van der Waals surface area contributed by atoms with Gasteiger partial charge in [-0.1, -0.05) is 44.2 Å². The Morgan fingerprint density at radius 3 is 2.29 bits per heavy atom. The standard InChI is InChI=1S/C13H20O/c1-11(14)9-10-13(2,3)12-7-5-4-6-8-12/h4-8,11,14H,9-10H2,1-3H3/t11-/m1/s1. The van der Waals surface area contributed by atoms with Crippen molar-refractivity contribution in [1.82, 2.24) is 0 Å². The van der Waals surface area contributed by atoms with Crippen LogP contribution in [0.2, 0.25) is 0 Å². The molecule has 1 heteroatoms. The normalized spacial score (nSPS) is 14.0. The summed E-state index contributed by atoms with van der Waals surface area (Å²) in [6, 6.07) is 10.5. The highest BCUT2D eigenvalue weighted by Gasteiger charge is 2.20. The molecule has 1 aromatic carbocycles. The summed E-state index contributed by atoms with van der Waals surface area (Å²) in [5.74, 6) is 0. The smallest absolute Gasteiger partial charge is 0.0512 e. The number of rotatable bonds is 4. The summed E-state index contributed by atoms with van der Waals surface area (Å²) in [7, 11) is 0. The van der Waals surface area contributed by atoms with E-state index in [-0.39, 0.29) is 11.5 Å². The summed E-state index contributed by atoms with van der Waals surface area (Å²) < 4.78 is 0. The van der Waals surface area contributed by atoms with Crippen LogP contribution in [0, 0.1) is 0 Å². The summed E-state index contributed by atoms with van der Waals surface area (Å²) in [5.41, 5.74) is 1.51. The van der Waals surface area contributed by atoms with Crippen LogP contribution in [0.4, 0.5) is 0 Å². The summed E-state index contributed by atoms with van der Waals surface area (Å²) in [6.07, 6.45) is 1.69. The van der Waals surface area contributed by atoms with Gasteiger partial charge in [0.2, 0.25) is 0 Å². The summed E-state index contributed by atoms with van der Waals surface area (Å²) in [5, 5.41) is 9.26. The molecule has 0 aliphatic heterocycles. The van der Waals surface area contributed by atoms with E-state index in [2.05, 4.69) is 38.1 Å². The van der Waals surface area contributed by atoms with Crippen LogP contribution in [-0.4, -0.2) is 11.2 Å². The van der Waals surface area contributed by atoms with Crippen molar-refractivity contribution >= 4 is 0 Å². The van der Waals surface area contributed by atoms with E-state index in [1.54, 1.807) is 0 Å². The van der Waals surface area contributed by atoms with Crippen LogP contribution in [0.1, 0.15) is 39.2 Å². The van der Waals surface area contributed by atoms with Gasteiger partial charge >= 0.3 is 0 Å². The van der Waals surface area contributed by atoms with Gasteiger partial charge in [-0.05, 0) is 30.7 Å². The Kier molecular flexibility index (Phi) is 3.70. The van der Waals surface area contributed by atoms with Crippen molar-refractivity contribution in [2.24, 2.45) is 0 Å². The SMILES string of the molecule is C[C@@H](O)CCC(C)(C)c1ccccc1. The molecule has 1 rings (SSSR count). The van der Waals surface area contributed by atoms with E-state index in [0.717, 1.165) is 12.8 Å². The molecule has 0 fully saturated rings.